The van der Waals surface area contributed by atoms with Crippen molar-refractivity contribution < 1.29 is 4.79 Å². The van der Waals surface area contributed by atoms with Crippen LogP contribution in [0.4, 0.5) is 4.79 Å². The molecule has 6 heteroatoms. The minimum Gasteiger partial charge on any atom is -0.332 e. The molecule has 2 aromatic heterocycles. The first-order chi connectivity index (χ1) is 10.8. The number of urea groups is 1. The van der Waals surface area contributed by atoms with E-state index in [2.05, 4.69) is 15.2 Å². The van der Waals surface area contributed by atoms with Gasteiger partial charge in [-0.25, -0.2) is 9.78 Å². The predicted octanol–water partition coefficient (Wildman–Crippen LogP) is 3.26. The summed E-state index contributed by atoms with van der Waals surface area (Å²) in [7, 11) is 0. The molecule has 4 rings (SSSR count). The van der Waals surface area contributed by atoms with Crippen LogP contribution in [-0.2, 0) is 6.54 Å². The van der Waals surface area contributed by atoms with E-state index in [1.54, 1.807) is 11.3 Å². The Morgan fingerprint density at radius 2 is 2.18 bits per heavy atom. The van der Waals surface area contributed by atoms with Crippen LogP contribution in [-0.4, -0.2) is 32.9 Å². The van der Waals surface area contributed by atoms with Gasteiger partial charge in [0.25, 0.3) is 0 Å². The first-order valence-electron chi connectivity index (χ1n) is 8.27. The summed E-state index contributed by atoms with van der Waals surface area (Å²) in [6, 6.07) is 0.554. The standard InChI is InChI=1S/C16H22N4OS/c21-15(17-10-13-11-19-8-9-22-16(19)18-13)20-7-3-6-14(20)12-4-1-2-5-12/h8-9,11-12,14H,1-7,10H2,(H,17,21)/t14-/m1/s1. The van der Waals surface area contributed by atoms with Crippen molar-refractivity contribution in [3.8, 4) is 0 Å². The molecule has 1 N–H and O–H groups in total. The molecule has 1 atom stereocenters. The normalized spacial score (nSPS) is 22.7. The molecule has 0 unspecified atom stereocenters. The molecule has 0 spiro atoms. The highest BCUT2D eigenvalue weighted by Crippen LogP contribution is 2.35. The smallest absolute Gasteiger partial charge is 0.317 e. The molecule has 1 aliphatic carbocycles. The molecule has 1 aliphatic heterocycles. The van der Waals surface area contributed by atoms with Gasteiger partial charge in [0.2, 0.25) is 0 Å². The van der Waals surface area contributed by atoms with Crippen molar-refractivity contribution in [3.05, 3.63) is 23.5 Å². The lowest BCUT2D eigenvalue weighted by Crippen LogP contribution is -2.45. The topological polar surface area (TPSA) is 49.6 Å². The quantitative estimate of drug-likeness (QED) is 0.944. The number of hydrogen-bond acceptors (Lipinski definition) is 3. The van der Waals surface area contributed by atoms with E-state index in [0.717, 1.165) is 29.5 Å². The lowest BCUT2D eigenvalue weighted by Gasteiger charge is -2.29. The highest BCUT2D eigenvalue weighted by Gasteiger charge is 2.35. The van der Waals surface area contributed by atoms with Gasteiger partial charge < -0.3 is 10.2 Å². The minimum atomic E-state index is 0.0887. The van der Waals surface area contributed by atoms with Gasteiger partial charge in [0.15, 0.2) is 4.96 Å². The molecule has 118 valence electrons. The first-order valence-corrected chi connectivity index (χ1v) is 9.15. The Morgan fingerprint density at radius 3 is 3.00 bits per heavy atom. The summed E-state index contributed by atoms with van der Waals surface area (Å²) < 4.78 is 2.00. The van der Waals surface area contributed by atoms with E-state index in [9.17, 15) is 4.79 Å². The molecule has 0 radical (unpaired) electrons. The van der Waals surface area contributed by atoms with Crippen molar-refractivity contribution >= 4 is 22.3 Å². The summed E-state index contributed by atoms with van der Waals surface area (Å²) in [5.74, 6) is 0.728. The Kier molecular flexibility index (Phi) is 3.78. The summed E-state index contributed by atoms with van der Waals surface area (Å²) >= 11 is 1.61. The lowest BCUT2D eigenvalue weighted by atomic mass is 9.96. The Balaban J connectivity index is 1.37. The van der Waals surface area contributed by atoms with E-state index in [1.807, 2.05) is 22.2 Å². The van der Waals surface area contributed by atoms with Gasteiger partial charge in [-0.05, 0) is 31.6 Å². The van der Waals surface area contributed by atoms with Crippen molar-refractivity contribution in [1.29, 1.82) is 0 Å². The summed E-state index contributed by atoms with van der Waals surface area (Å²) in [5, 5.41) is 5.08. The maximum atomic E-state index is 12.5. The fourth-order valence-electron chi connectivity index (χ4n) is 4.01. The van der Waals surface area contributed by atoms with E-state index in [4.69, 9.17) is 0 Å². The van der Waals surface area contributed by atoms with E-state index in [-0.39, 0.29) is 6.03 Å². The molecule has 0 bridgehead atoms. The number of carbonyl (C=O) groups excluding carboxylic acids is 1. The van der Waals surface area contributed by atoms with Crippen molar-refractivity contribution in [2.24, 2.45) is 5.92 Å². The molecular formula is C16H22N4OS. The van der Waals surface area contributed by atoms with Crippen LogP contribution in [0.1, 0.15) is 44.2 Å². The van der Waals surface area contributed by atoms with Gasteiger partial charge in [-0.2, -0.15) is 0 Å². The largest absolute Gasteiger partial charge is 0.332 e. The van der Waals surface area contributed by atoms with Crippen LogP contribution in [0.5, 0.6) is 0 Å². The van der Waals surface area contributed by atoms with Crippen LogP contribution >= 0.6 is 11.3 Å². The number of imidazole rings is 1. The number of rotatable bonds is 3. The van der Waals surface area contributed by atoms with Gasteiger partial charge in [0, 0.05) is 30.4 Å². The number of amides is 2. The van der Waals surface area contributed by atoms with Gasteiger partial charge in [0.1, 0.15) is 0 Å². The van der Waals surface area contributed by atoms with Gasteiger partial charge in [-0.3, -0.25) is 4.40 Å². The molecule has 1 saturated heterocycles. The van der Waals surface area contributed by atoms with E-state index >= 15 is 0 Å². The molecule has 2 aromatic rings. The summed E-state index contributed by atoms with van der Waals surface area (Å²) in [6.07, 6.45) is 11.6. The maximum absolute atomic E-state index is 12.5. The van der Waals surface area contributed by atoms with Crippen LogP contribution in [0.2, 0.25) is 0 Å². The summed E-state index contributed by atoms with van der Waals surface area (Å²) in [6.45, 7) is 1.42. The van der Waals surface area contributed by atoms with E-state index in [1.165, 1.54) is 32.1 Å². The number of likely N-dealkylation sites (tertiary alicyclic amines) is 1. The van der Waals surface area contributed by atoms with Crippen molar-refractivity contribution in [2.45, 2.75) is 51.1 Å². The Bertz CT molecular complexity index is 629. The van der Waals surface area contributed by atoms with Crippen molar-refractivity contribution in [1.82, 2.24) is 19.6 Å². The number of fused-ring (bicyclic) bond motifs is 1. The second-order valence-corrected chi connectivity index (χ2v) is 7.30. The number of thiazole rings is 1. The average Bonchev–Trinajstić information content (AvgIpc) is 3.26. The maximum Gasteiger partial charge on any atom is 0.317 e. The molecule has 5 nitrogen and oxygen atoms in total. The fraction of sp³-hybridized carbons (Fsp3) is 0.625. The summed E-state index contributed by atoms with van der Waals surface area (Å²) in [4.78, 5) is 20.1. The molecule has 2 amide bonds. The van der Waals surface area contributed by atoms with E-state index < -0.39 is 0 Å². The fourth-order valence-corrected chi connectivity index (χ4v) is 4.72. The Morgan fingerprint density at radius 1 is 1.32 bits per heavy atom. The number of carbonyl (C=O) groups is 1. The second kappa shape index (κ2) is 5.91. The second-order valence-electron chi connectivity index (χ2n) is 6.43. The van der Waals surface area contributed by atoms with Crippen molar-refractivity contribution in [3.63, 3.8) is 0 Å². The Labute approximate surface area is 134 Å². The molecule has 0 aromatic carbocycles. The molecule has 1 saturated carbocycles. The van der Waals surface area contributed by atoms with Crippen LogP contribution in [0, 0.1) is 5.92 Å². The lowest BCUT2D eigenvalue weighted by molar-refractivity contribution is 0.172. The Hall–Kier alpha value is -1.56. The average molecular weight is 318 g/mol. The third-order valence-corrected chi connectivity index (χ3v) is 5.84. The highest BCUT2D eigenvalue weighted by molar-refractivity contribution is 7.15. The number of aromatic nitrogens is 2. The minimum absolute atomic E-state index is 0.0887. The molecular weight excluding hydrogens is 296 g/mol. The van der Waals surface area contributed by atoms with Gasteiger partial charge in [0.05, 0.1) is 12.2 Å². The SMILES string of the molecule is O=C(NCc1cn2ccsc2n1)N1CCC[C@@H]1C1CCCC1. The van der Waals surface area contributed by atoms with E-state index in [0.29, 0.717) is 12.6 Å². The molecule has 3 heterocycles. The van der Waals surface area contributed by atoms with Gasteiger partial charge in [-0.1, -0.05) is 12.8 Å². The zero-order valence-corrected chi connectivity index (χ0v) is 13.5. The van der Waals surface area contributed by atoms with Crippen LogP contribution in [0.25, 0.3) is 4.96 Å². The van der Waals surface area contributed by atoms with Crippen molar-refractivity contribution in [2.75, 3.05) is 6.54 Å². The molecule has 2 aliphatic rings. The third-order valence-electron chi connectivity index (χ3n) is 5.07. The summed E-state index contributed by atoms with van der Waals surface area (Å²) in [5.41, 5.74) is 0.928. The zero-order chi connectivity index (χ0) is 14.9. The monoisotopic (exact) mass is 318 g/mol. The van der Waals surface area contributed by atoms with Gasteiger partial charge in [-0.15, -0.1) is 11.3 Å². The number of nitrogens with one attached hydrogen (secondary N) is 1. The predicted molar refractivity (Wildman–Crippen MR) is 87.0 cm³/mol. The van der Waals surface area contributed by atoms with Crippen LogP contribution in [0.15, 0.2) is 17.8 Å². The first kappa shape index (κ1) is 14.1. The number of hydrogen-bond donors (Lipinski definition) is 1. The zero-order valence-electron chi connectivity index (χ0n) is 12.7. The van der Waals surface area contributed by atoms with Gasteiger partial charge >= 0.3 is 6.03 Å². The third kappa shape index (κ3) is 2.60. The number of nitrogens with zero attached hydrogens (tertiary/aromatic N) is 3. The van der Waals surface area contributed by atoms with Crippen LogP contribution < -0.4 is 5.32 Å². The molecule has 2 fully saturated rings. The van der Waals surface area contributed by atoms with Crippen LogP contribution in [0.3, 0.4) is 0 Å². The highest BCUT2D eigenvalue weighted by atomic mass is 32.1. The molecule has 22 heavy (non-hydrogen) atoms.